The summed E-state index contributed by atoms with van der Waals surface area (Å²) in [6, 6.07) is 0. The van der Waals surface area contributed by atoms with Gasteiger partial charge in [0.05, 0.1) is 0 Å². The Labute approximate surface area is 106 Å². The predicted octanol–water partition coefficient (Wildman–Crippen LogP) is 1.62. The van der Waals surface area contributed by atoms with E-state index in [1.165, 1.54) is 4.90 Å². The fraction of sp³-hybridized carbons (Fsp3) is 0.667. The van der Waals surface area contributed by atoms with Crippen molar-refractivity contribution in [3.05, 3.63) is 12.7 Å². The highest BCUT2D eigenvalue weighted by atomic mass is 32.2. The zero-order valence-electron chi connectivity index (χ0n) is 9.93. The van der Waals surface area contributed by atoms with E-state index >= 15 is 0 Å². The molecule has 17 heavy (non-hydrogen) atoms. The fourth-order valence-electron chi connectivity index (χ4n) is 1.90. The van der Waals surface area contributed by atoms with Crippen LogP contribution in [-0.2, 0) is 9.59 Å². The van der Waals surface area contributed by atoms with Crippen LogP contribution in [0.3, 0.4) is 0 Å². The number of carboxylic acid groups (broad SMARTS) is 1. The van der Waals surface area contributed by atoms with Crippen LogP contribution in [0, 0.1) is 5.92 Å². The van der Waals surface area contributed by atoms with Gasteiger partial charge in [-0.25, -0.2) is 0 Å². The molecule has 0 spiro atoms. The predicted molar refractivity (Wildman–Crippen MR) is 69.1 cm³/mol. The molecule has 0 aromatic rings. The maximum Gasteiger partial charge on any atom is 0.323 e. The van der Waals surface area contributed by atoms with Crippen LogP contribution in [0.4, 0.5) is 0 Å². The molecule has 1 N–H and O–H groups in total. The lowest BCUT2D eigenvalue weighted by Gasteiger charge is -2.24. The number of aliphatic carboxylic acids is 1. The maximum absolute atomic E-state index is 11.9. The highest BCUT2D eigenvalue weighted by Crippen LogP contribution is 2.25. The number of nitrogens with zero attached hydrogens (tertiary/aromatic N) is 1. The third-order valence-corrected chi connectivity index (χ3v) is 3.88. The minimum absolute atomic E-state index is 0.0656. The zero-order chi connectivity index (χ0) is 12.7. The van der Waals surface area contributed by atoms with Crippen molar-refractivity contribution in [2.45, 2.75) is 19.3 Å². The van der Waals surface area contributed by atoms with E-state index in [9.17, 15) is 9.59 Å². The van der Waals surface area contributed by atoms with E-state index in [4.69, 9.17) is 5.11 Å². The van der Waals surface area contributed by atoms with E-state index in [0.717, 1.165) is 24.3 Å². The lowest BCUT2D eigenvalue weighted by molar-refractivity contribution is -0.144. The molecule has 1 fully saturated rings. The minimum atomic E-state index is -0.973. The second kappa shape index (κ2) is 7.37. The summed E-state index contributed by atoms with van der Waals surface area (Å²) in [4.78, 5) is 24.0. The van der Waals surface area contributed by atoms with Crippen molar-refractivity contribution >= 4 is 23.6 Å². The second-order valence-corrected chi connectivity index (χ2v) is 5.44. The summed E-state index contributed by atoms with van der Waals surface area (Å²) in [6.07, 6.45) is 4.16. The van der Waals surface area contributed by atoms with Crippen molar-refractivity contribution in [3.8, 4) is 0 Å². The Morgan fingerprint density at radius 2 is 2.06 bits per heavy atom. The van der Waals surface area contributed by atoms with E-state index in [0.29, 0.717) is 18.9 Å². The van der Waals surface area contributed by atoms with Crippen molar-refractivity contribution in [1.82, 2.24) is 4.90 Å². The van der Waals surface area contributed by atoms with Crippen molar-refractivity contribution in [1.29, 1.82) is 0 Å². The van der Waals surface area contributed by atoms with Crippen molar-refractivity contribution in [3.63, 3.8) is 0 Å². The quantitative estimate of drug-likeness (QED) is 0.735. The number of hydrogen-bond acceptors (Lipinski definition) is 3. The summed E-state index contributed by atoms with van der Waals surface area (Å²) in [5, 5.41) is 8.73. The molecule has 0 unspecified atom stereocenters. The van der Waals surface area contributed by atoms with Crippen LogP contribution in [0.5, 0.6) is 0 Å². The molecule has 0 radical (unpaired) electrons. The lowest BCUT2D eigenvalue weighted by atomic mass is 9.98. The van der Waals surface area contributed by atoms with Crippen LogP contribution in [0.1, 0.15) is 19.3 Å². The van der Waals surface area contributed by atoms with Crippen molar-refractivity contribution in [2.24, 2.45) is 5.92 Å². The Bertz CT molecular complexity index is 287. The molecule has 0 aliphatic carbocycles. The molecule has 5 heteroatoms. The highest BCUT2D eigenvalue weighted by Gasteiger charge is 2.21. The van der Waals surface area contributed by atoms with Crippen molar-refractivity contribution < 1.29 is 14.7 Å². The van der Waals surface area contributed by atoms with Crippen molar-refractivity contribution in [2.75, 3.05) is 24.6 Å². The smallest absolute Gasteiger partial charge is 0.323 e. The minimum Gasteiger partial charge on any atom is -0.480 e. The summed E-state index contributed by atoms with van der Waals surface area (Å²) >= 11 is 1.92. The topological polar surface area (TPSA) is 57.6 Å². The first-order chi connectivity index (χ1) is 8.13. The largest absolute Gasteiger partial charge is 0.480 e. The molecule has 4 nitrogen and oxygen atoms in total. The molecular formula is C12H19NO3S. The van der Waals surface area contributed by atoms with Gasteiger partial charge in [0, 0.05) is 13.0 Å². The van der Waals surface area contributed by atoms with Gasteiger partial charge in [-0.2, -0.15) is 11.8 Å². The summed E-state index contributed by atoms with van der Waals surface area (Å²) in [5.41, 5.74) is 0. The number of hydrogen-bond donors (Lipinski definition) is 1. The van der Waals surface area contributed by atoms with E-state index in [1.54, 1.807) is 6.08 Å². The number of rotatable bonds is 6. The van der Waals surface area contributed by atoms with Crippen LogP contribution in [0.2, 0.25) is 0 Å². The normalized spacial score (nSPS) is 16.5. The fourth-order valence-corrected chi connectivity index (χ4v) is 3.10. The maximum atomic E-state index is 11.9. The van der Waals surface area contributed by atoms with Gasteiger partial charge < -0.3 is 10.0 Å². The average molecular weight is 257 g/mol. The summed E-state index contributed by atoms with van der Waals surface area (Å²) < 4.78 is 0. The first-order valence-electron chi connectivity index (χ1n) is 5.81. The van der Waals surface area contributed by atoms with Gasteiger partial charge in [0.1, 0.15) is 6.54 Å². The molecule has 0 saturated carbocycles. The van der Waals surface area contributed by atoms with Crippen LogP contribution >= 0.6 is 11.8 Å². The highest BCUT2D eigenvalue weighted by molar-refractivity contribution is 7.99. The zero-order valence-corrected chi connectivity index (χ0v) is 10.7. The van der Waals surface area contributed by atoms with E-state index < -0.39 is 5.97 Å². The third kappa shape index (κ3) is 5.26. The molecule has 1 amide bonds. The first kappa shape index (κ1) is 14.1. The monoisotopic (exact) mass is 257 g/mol. The van der Waals surface area contributed by atoms with Gasteiger partial charge in [-0.3, -0.25) is 9.59 Å². The van der Waals surface area contributed by atoms with Gasteiger partial charge in [-0.1, -0.05) is 6.08 Å². The molecule has 1 aliphatic heterocycles. The molecule has 1 aliphatic rings. The number of carbonyl (C=O) groups excluding carboxylic acids is 1. The lowest BCUT2D eigenvalue weighted by Crippen LogP contribution is -2.37. The van der Waals surface area contributed by atoms with Gasteiger partial charge >= 0.3 is 5.97 Å². The molecule has 1 heterocycles. The van der Waals surface area contributed by atoms with Gasteiger partial charge in [0.25, 0.3) is 0 Å². The Hall–Kier alpha value is -0.970. The van der Waals surface area contributed by atoms with E-state index in [2.05, 4.69) is 6.58 Å². The molecule has 0 atom stereocenters. The summed E-state index contributed by atoms with van der Waals surface area (Å²) in [5.74, 6) is 1.60. The molecule has 0 bridgehead atoms. The standard InChI is InChI=1S/C12H19NO3S/c1-2-5-13(9-12(15)16)11(14)8-10-3-6-17-7-4-10/h2,10H,1,3-9H2,(H,15,16). The van der Waals surface area contributed by atoms with E-state index in [1.807, 2.05) is 11.8 Å². The van der Waals surface area contributed by atoms with Crippen LogP contribution in [0.25, 0.3) is 0 Å². The third-order valence-electron chi connectivity index (χ3n) is 2.83. The van der Waals surface area contributed by atoms with Gasteiger partial charge in [-0.05, 0) is 30.3 Å². The van der Waals surface area contributed by atoms with Crippen LogP contribution in [0.15, 0.2) is 12.7 Å². The van der Waals surface area contributed by atoms with Gasteiger partial charge in [0.2, 0.25) is 5.91 Å². The molecule has 0 aromatic carbocycles. The molecular weight excluding hydrogens is 238 g/mol. The Kier molecular flexibility index (Phi) is 6.11. The second-order valence-electron chi connectivity index (χ2n) is 4.22. The van der Waals surface area contributed by atoms with E-state index in [-0.39, 0.29) is 12.5 Å². The van der Waals surface area contributed by atoms with Crippen LogP contribution < -0.4 is 0 Å². The molecule has 1 rings (SSSR count). The Morgan fingerprint density at radius 3 is 2.59 bits per heavy atom. The van der Waals surface area contributed by atoms with Gasteiger partial charge in [-0.15, -0.1) is 6.58 Å². The number of carbonyl (C=O) groups is 2. The Balaban J connectivity index is 2.45. The molecule has 96 valence electrons. The molecule has 0 aromatic heterocycles. The van der Waals surface area contributed by atoms with Gasteiger partial charge in [0.15, 0.2) is 0 Å². The number of carboxylic acids is 1. The van der Waals surface area contributed by atoms with Crippen LogP contribution in [-0.4, -0.2) is 46.5 Å². The first-order valence-corrected chi connectivity index (χ1v) is 6.97. The Morgan fingerprint density at radius 1 is 1.41 bits per heavy atom. The SMILES string of the molecule is C=CCN(CC(=O)O)C(=O)CC1CCSCC1. The summed E-state index contributed by atoms with van der Waals surface area (Å²) in [7, 11) is 0. The number of amides is 1. The number of thioether (sulfide) groups is 1. The average Bonchev–Trinajstić information content (AvgIpc) is 2.29. The summed E-state index contributed by atoms with van der Waals surface area (Å²) in [6.45, 7) is 3.63. The molecule has 1 saturated heterocycles.